The van der Waals surface area contributed by atoms with Crippen molar-refractivity contribution in [2.45, 2.75) is 83.8 Å². The fourth-order valence-corrected chi connectivity index (χ4v) is 8.45. The van der Waals surface area contributed by atoms with Crippen LogP contribution in [0.5, 0.6) is 0 Å². The standard InChI is InChI=1S/C33H39NO9/c1-31-13-11-22(35)15-21(31)7-8-23-24-12-14-33(42,32(24,2)16-25(36)29(23)31)26(37)18-43-28(39)10-9-27(38)34-17-19-3-5-20(6-4-19)30(40)41/h3-6,15,23-24,29,42H,7-14,16-18H2,1-2H3,(H,34,38)(H,40,41)/t23-,24+,29+,31+,32+,33+/m1/s1. The van der Waals surface area contributed by atoms with Crippen molar-refractivity contribution in [2.75, 3.05) is 6.61 Å². The molecular formula is C33H39NO9. The molecule has 6 atom stereocenters. The Balaban J connectivity index is 1.14. The lowest BCUT2D eigenvalue weighted by molar-refractivity contribution is -0.173. The maximum Gasteiger partial charge on any atom is 0.335 e. The van der Waals surface area contributed by atoms with Crippen LogP contribution in [0.15, 0.2) is 35.9 Å². The predicted molar refractivity (Wildman–Crippen MR) is 152 cm³/mol. The molecule has 0 spiro atoms. The second-order valence-electron chi connectivity index (χ2n) is 13.2. The summed E-state index contributed by atoms with van der Waals surface area (Å²) in [6.45, 7) is 3.43. The molecule has 43 heavy (non-hydrogen) atoms. The van der Waals surface area contributed by atoms with Gasteiger partial charge < -0.3 is 20.3 Å². The summed E-state index contributed by atoms with van der Waals surface area (Å²) in [4.78, 5) is 74.7. The summed E-state index contributed by atoms with van der Waals surface area (Å²) in [5.41, 5.74) is -1.25. The van der Waals surface area contributed by atoms with Crippen LogP contribution in [0.4, 0.5) is 0 Å². The summed E-state index contributed by atoms with van der Waals surface area (Å²) in [7, 11) is 0. The van der Waals surface area contributed by atoms with Crippen molar-refractivity contribution in [3.63, 3.8) is 0 Å². The summed E-state index contributed by atoms with van der Waals surface area (Å²) < 4.78 is 5.18. The number of ether oxygens (including phenoxy) is 1. The zero-order chi connectivity index (χ0) is 31.2. The molecule has 0 saturated heterocycles. The predicted octanol–water partition coefficient (Wildman–Crippen LogP) is 3.34. The number of amides is 1. The Morgan fingerprint density at radius 3 is 2.42 bits per heavy atom. The lowest BCUT2D eigenvalue weighted by Crippen LogP contribution is -2.61. The molecule has 230 valence electrons. The zero-order valence-electron chi connectivity index (χ0n) is 24.6. The Morgan fingerprint density at radius 2 is 1.72 bits per heavy atom. The van der Waals surface area contributed by atoms with Gasteiger partial charge in [0.2, 0.25) is 11.7 Å². The molecule has 1 amide bonds. The molecule has 3 N–H and O–H groups in total. The number of nitrogens with one attached hydrogen (secondary N) is 1. The number of aromatic carboxylic acids is 1. The fraction of sp³-hybridized carbons (Fsp3) is 0.576. The van der Waals surface area contributed by atoms with Crippen LogP contribution < -0.4 is 5.32 Å². The molecule has 4 aliphatic carbocycles. The van der Waals surface area contributed by atoms with Gasteiger partial charge in [0, 0.05) is 37.1 Å². The van der Waals surface area contributed by atoms with Crippen molar-refractivity contribution in [2.24, 2.45) is 28.6 Å². The van der Waals surface area contributed by atoms with Crippen molar-refractivity contribution in [3.8, 4) is 0 Å². The number of carboxylic acids is 1. The van der Waals surface area contributed by atoms with Gasteiger partial charge in [-0.3, -0.25) is 24.0 Å². The van der Waals surface area contributed by atoms with E-state index in [-0.39, 0.29) is 72.5 Å². The third-order valence-corrected chi connectivity index (χ3v) is 10.9. The molecule has 0 unspecified atom stereocenters. The number of Topliss-reactive ketones (excluding diaryl/α,β-unsaturated/α-hetero) is 2. The highest BCUT2D eigenvalue weighted by Crippen LogP contribution is 2.66. The highest BCUT2D eigenvalue weighted by Gasteiger charge is 2.68. The second-order valence-corrected chi connectivity index (χ2v) is 13.2. The van der Waals surface area contributed by atoms with E-state index in [1.54, 1.807) is 18.2 Å². The van der Waals surface area contributed by atoms with E-state index in [4.69, 9.17) is 9.84 Å². The minimum atomic E-state index is -1.80. The number of benzene rings is 1. The van der Waals surface area contributed by atoms with Crippen molar-refractivity contribution in [1.82, 2.24) is 5.32 Å². The first-order valence-corrected chi connectivity index (χ1v) is 15.1. The van der Waals surface area contributed by atoms with Gasteiger partial charge in [-0.15, -0.1) is 0 Å². The molecule has 5 rings (SSSR count). The van der Waals surface area contributed by atoms with Crippen LogP contribution in [0.1, 0.15) is 87.6 Å². The number of carbonyl (C=O) groups excluding carboxylic acids is 5. The molecule has 0 bridgehead atoms. The van der Waals surface area contributed by atoms with E-state index in [1.807, 2.05) is 6.92 Å². The van der Waals surface area contributed by atoms with E-state index < -0.39 is 41.3 Å². The monoisotopic (exact) mass is 593 g/mol. The number of aliphatic hydroxyl groups is 1. The summed E-state index contributed by atoms with van der Waals surface area (Å²) in [6.07, 6.45) is 4.69. The van der Waals surface area contributed by atoms with Crippen molar-refractivity contribution < 1.29 is 43.7 Å². The van der Waals surface area contributed by atoms with Crippen molar-refractivity contribution in [3.05, 3.63) is 47.0 Å². The molecule has 1 aromatic rings. The third kappa shape index (κ3) is 5.46. The molecule has 3 fully saturated rings. The molecule has 0 aromatic heterocycles. The molecule has 10 heteroatoms. The molecule has 0 aliphatic heterocycles. The molecule has 0 radical (unpaired) electrons. The topological polar surface area (TPSA) is 164 Å². The van der Waals surface area contributed by atoms with Crippen molar-refractivity contribution in [1.29, 1.82) is 0 Å². The average Bonchev–Trinajstić information content (AvgIpc) is 3.24. The second kappa shape index (κ2) is 11.4. The minimum Gasteiger partial charge on any atom is -0.478 e. The molecule has 0 heterocycles. The number of hydrogen-bond acceptors (Lipinski definition) is 8. The summed E-state index contributed by atoms with van der Waals surface area (Å²) in [5, 5.41) is 23.4. The Bertz CT molecular complexity index is 1400. The number of fused-ring (bicyclic) bond motifs is 5. The number of carbonyl (C=O) groups is 6. The van der Waals surface area contributed by atoms with Gasteiger partial charge in [0.05, 0.1) is 12.0 Å². The Labute approximate surface area is 250 Å². The van der Waals surface area contributed by atoms with E-state index >= 15 is 0 Å². The number of esters is 1. The number of rotatable bonds is 9. The van der Waals surface area contributed by atoms with Gasteiger partial charge in [-0.05, 0) is 73.1 Å². The van der Waals surface area contributed by atoms with E-state index in [0.29, 0.717) is 24.8 Å². The average molecular weight is 594 g/mol. The lowest BCUT2D eigenvalue weighted by Gasteiger charge is -2.57. The smallest absolute Gasteiger partial charge is 0.335 e. The lowest BCUT2D eigenvalue weighted by atomic mass is 9.46. The highest BCUT2D eigenvalue weighted by molar-refractivity contribution is 5.95. The highest BCUT2D eigenvalue weighted by atomic mass is 16.5. The van der Waals surface area contributed by atoms with E-state index in [1.165, 1.54) is 12.1 Å². The summed E-state index contributed by atoms with van der Waals surface area (Å²) >= 11 is 0. The van der Waals surface area contributed by atoms with Gasteiger partial charge in [0.15, 0.2) is 12.4 Å². The molecule has 10 nitrogen and oxygen atoms in total. The number of hydrogen-bond donors (Lipinski definition) is 3. The van der Waals surface area contributed by atoms with Crippen LogP contribution >= 0.6 is 0 Å². The van der Waals surface area contributed by atoms with Gasteiger partial charge in [0.25, 0.3) is 0 Å². The quantitative estimate of drug-likeness (QED) is 0.364. The number of ketones is 3. The maximum atomic E-state index is 13.7. The van der Waals surface area contributed by atoms with Gasteiger partial charge in [-0.1, -0.05) is 31.6 Å². The van der Waals surface area contributed by atoms with Crippen LogP contribution in [0, 0.1) is 28.6 Å². The van der Waals surface area contributed by atoms with Crippen LogP contribution in [0.2, 0.25) is 0 Å². The number of carboxylic acid groups (broad SMARTS) is 1. The maximum absolute atomic E-state index is 13.7. The zero-order valence-corrected chi connectivity index (χ0v) is 24.6. The SMILES string of the molecule is C[C@]12CCC(=O)C=C1CC[C@H]1[C@H]2C(=O)C[C@@]2(C)[C@H]1CC[C@]2(O)C(=O)COC(=O)CCC(=O)NCc1ccc(C(=O)O)cc1. The van der Waals surface area contributed by atoms with Gasteiger partial charge in [-0.2, -0.15) is 0 Å². The Morgan fingerprint density at radius 1 is 1.00 bits per heavy atom. The molecular weight excluding hydrogens is 554 g/mol. The largest absolute Gasteiger partial charge is 0.478 e. The van der Waals surface area contributed by atoms with E-state index in [9.17, 15) is 33.9 Å². The summed E-state index contributed by atoms with van der Waals surface area (Å²) in [5.74, 6) is -2.95. The van der Waals surface area contributed by atoms with Gasteiger partial charge >= 0.3 is 11.9 Å². The first-order valence-electron chi connectivity index (χ1n) is 15.1. The van der Waals surface area contributed by atoms with E-state index in [0.717, 1.165) is 18.4 Å². The molecule has 1 aromatic carbocycles. The van der Waals surface area contributed by atoms with Crippen LogP contribution in [-0.2, 0) is 35.3 Å². The first-order chi connectivity index (χ1) is 20.3. The van der Waals surface area contributed by atoms with Crippen LogP contribution in [-0.4, -0.2) is 57.6 Å². The molecule has 4 aliphatic rings. The minimum absolute atomic E-state index is 0.0135. The van der Waals surface area contributed by atoms with Crippen LogP contribution in [0.3, 0.4) is 0 Å². The normalized spacial score (nSPS) is 33.0. The van der Waals surface area contributed by atoms with Crippen molar-refractivity contribution >= 4 is 35.2 Å². The molecule has 3 saturated carbocycles. The van der Waals surface area contributed by atoms with Gasteiger partial charge in [0.1, 0.15) is 11.4 Å². The first kappa shape index (κ1) is 30.8. The van der Waals surface area contributed by atoms with Gasteiger partial charge in [-0.25, -0.2) is 4.79 Å². The fourth-order valence-electron chi connectivity index (χ4n) is 8.45. The van der Waals surface area contributed by atoms with Crippen LogP contribution in [0.25, 0.3) is 0 Å². The Kier molecular flexibility index (Phi) is 8.19. The van der Waals surface area contributed by atoms with E-state index in [2.05, 4.69) is 12.2 Å². The summed E-state index contributed by atoms with van der Waals surface area (Å²) in [6, 6.07) is 6.04. The third-order valence-electron chi connectivity index (χ3n) is 10.9. The Hall–Kier alpha value is -3.66. The number of allylic oxidation sites excluding steroid dienone is 1.